The Hall–Kier alpha value is -3.83. The summed E-state index contributed by atoms with van der Waals surface area (Å²) in [6, 6.07) is 41.8. The maximum Gasteiger partial charge on any atom is 0.317 e. The van der Waals surface area contributed by atoms with Crippen LogP contribution in [0.5, 0.6) is 0 Å². The summed E-state index contributed by atoms with van der Waals surface area (Å²) in [4.78, 5) is 14.0. The van der Waals surface area contributed by atoms with Gasteiger partial charge in [-0.15, -0.1) is 11.8 Å². The minimum absolute atomic E-state index is 0.179. The highest BCUT2D eigenvalue weighted by atomic mass is 32.2. The predicted octanol–water partition coefficient (Wildman–Crippen LogP) is 7.84. The van der Waals surface area contributed by atoms with E-state index in [9.17, 15) is 4.79 Å². The van der Waals surface area contributed by atoms with Crippen molar-refractivity contribution in [3.8, 4) is 0 Å². The van der Waals surface area contributed by atoms with E-state index >= 15 is 0 Å². The fourth-order valence-corrected chi connectivity index (χ4v) is 7.87. The first-order chi connectivity index (χ1) is 19.2. The van der Waals surface area contributed by atoms with Gasteiger partial charge < -0.3 is 4.74 Å². The zero-order valence-corrected chi connectivity index (χ0v) is 22.8. The number of carbonyl (C=O) groups is 1. The van der Waals surface area contributed by atoms with E-state index < -0.39 is 11.5 Å². The SMILES string of the molecule is CCOC(=O)C1C(c2ccccc2)=NN(c2ccccc2)C12C[C@@H](c1ccccc1)S[C@@H](c1ccccc1)C2. The van der Waals surface area contributed by atoms with Crippen LogP contribution in [0.3, 0.4) is 0 Å². The highest BCUT2D eigenvalue weighted by Gasteiger charge is 2.59. The van der Waals surface area contributed by atoms with Crippen molar-refractivity contribution >= 4 is 29.1 Å². The molecule has 0 amide bonds. The first-order valence-corrected chi connectivity index (χ1v) is 14.5. The topological polar surface area (TPSA) is 41.9 Å². The lowest BCUT2D eigenvalue weighted by Crippen LogP contribution is -2.55. The van der Waals surface area contributed by atoms with Gasteiger partial charge in [0.2, 0.25) is 0 Å². The average Bonchev–Trinajstić information content (AvgIpc) is 3.32. The number of anilines is 1. The second kappa shape index (κ2) is 11.1. The Kier molecular flexibility index (Phi) is 7.25. The van der Waals surface area contributed by atoms with Gasteiger partial charge in [0.15, 0.2) is 0 Å². The van der Waals surface area contributed by atoms with E-state index in [1.165, 1.54) is 11.1 Å². The van der Waals surface area contributed by atoms with Crippen LogP contribution in [0.15, 0.2) is 126 Å². The van der Waals surface area contributed by atoms with Crippen LogP contribution in [0.25, 0.3) is 0 Å². The van der Waals surface area contributed by atoms with Gasteiger partial charge >= 0.3 is 5.97 Å². The number of hydrogen-bond acceptors (Lipinski definition) is 5. The third kappa shape index (κ3) is 4.87. The Balaban J connectivity index is 1.56. The van der Waals surface area contributed by atoms with Crippen molar-refractivity contribution in [3.05, 3.63) is 138 Å². The van der Waals surface area contributed by atoms with Crippen molar-refractivity contribution < 1.29 is 9.53 Å². The van der Waals surface area contributed by atoms with Crippen LogP contribution >= 0.6 is 11.8 Å². The van der Waals surface area contributed by atoms with E-state index in [1.54, 1.807) is 0 Å². The third-order valence-electron chi connectivity index (χ3n) is 7.78. The van der Waals surface area contributed by atoms with Crippen molar-refractivity contribution in [2.75, 3.05) is 11.6 Å². The molecular weight excluding hydrogens is 500 g/mol. The van der Waals surface area contributed by atoms with E-state index in [-0.39, 0.29) is 16.5 Å². The lowest BCUT2D eigenvalue weighted by Gasteiger charge is -2.49. The summed E-state index contributed by atoms with van der Waals surface area (Å²) in [5.74, 6) is -0.734. The third-order valence-corrected chi connectivity index (χ3v) is 9.32. The van der Waals surface area contributed by atoms with Gasteiger partial charge in [-0.1, -0.05) is 109 Å². The number of para-hydroxylation sites is 1. The predicted molar refractivity (Wildman–Crippen MR) is 160 cm³/mol. The number of esters is 1. The highest BCUT2D eigenvalue weighted by Crippen LogP contribution is 2.60. The Morgan fingerprint density at radius 1 is 0.795 bits per heavy atom. The number of ether oxygens (including phenoxy) is 1. The number of hydrogen-bond donors (Lipinski definition) is 0. The minimum atomic E-state index is -0.606. The Morgan fingerprint density at radius 3 is 1.79 bits per heavy atom. The molecule has 2 heterocycles. The van der Waals surface area contributed by atoms with Crippen LogP contribution in [0.1, 0.15) is 47.0 Å². The summed E-state index contributed by atoms with van der Waals surface area (Å²) in [6.07, 6.45) is 1.53. The van der Waals surface area contributed by atoms with Crippen LogP contribution in [-0.4, -0.2) is 23.8 Å². The maximum absolute atomic E-state index is 14.0. The molecule has 0 bridgehead atoms. The molecule has 0 saturated carbocycles. The van der Waals surface area contributed by atoms with Crippen LogP contribution in [0.4, 0.5) is 5.69 Å². The van der Waals surface area contributed by atoms with Crippen molar-refractivity contribution in [2.45, 2.75) is 35.8 Å². The van der Waals surface area contributed by atoms with E-state index in [0.29, 0.717) is 6.61 Å². The highest BCUT2D eigenvalue weighted by molar-refractivity contribution is 7.99. The van der Waals surface area contributed by atoms with Crippen molar-refractivity contribution in [1.82, 2.24) is 0 Å². The summed E-state index contributed by atoms with van der Waals surface area (Å²) in [5.41, 5.74) is 4.66. The number of carbonyl (C=O) groups excluding carboxylic acids is 1. The second-order valence-electron chi connectivity index (χ2n) is 10.1. The van der Waals surface area contributed by atoms with Gasteiger partial charge in [-0.3, -0.25) is 9.80 Å². The second-order valence-corrected chi connectivity index (χ2v) is 11.5. The Bertz CT molecular complexity index is 1380. The van der Waals surface area contributed by atoms with Gasteiger partial charge in [-0.25, -0.2) is 0 Å². The molecule has 2 unspecified atom stereocenters. The van der Waals surface area contributed by atoms with Crippen molar-refractivity contribution in [1.29, 1.82) is 0 Å². The van der Waals surface area contributed by atoms with Gasteiger partial charge in [0.25, 0.3) is 0 Å². The van der Waals surface area contributed by atoms with Crippen LogP contribution in [0, 0.1) is 5.92 Å². The molecule has 6 rings (SSSR count). The molecule has 196 valence electrons. The molecule has 2 aliphatic rings. The van der Waals surface area contributed by atoms with E-state index in [0.717, 1.165) is 29.8 Å². The first kappa shape index (κ1) is 25.4. The molecule has 0 radical (unpaired) electrons. The van der Waals surface area contributed by atoms with Gasteiger partial charge in [0.1, 0.15) is 5.92 Å². The van der Waals surface area contributed by atoms with Gasteiger partial charge in [0.05, 0.1) is 23.5 Å². The normalized spacial score (nSPS) is 24.4. The number of benzene rings is 4. The number of hydrazone groups is 1. The summed E-state index contributed by atoms with van der Waals surface area (Å²) < 4.78 is 5.82. The molecule has 0 aliphatic carbocycles. The molecule has 4 nitrogen and oxygen atoms in total. The zero-order chi connectivity index (χ0) is 26.7. The largest absolute Gasteiger partial charge is 0.465 e. The Labute approximate surface area is 234 Å². The summed E-state index contributed by atoms with van der Waals surface area (Å²) in [5, 5.41) is 7.80. The van der Waals surface area contributed by atoms with Gasteiger partial charge in [0, 0.05) is 10.5 Å². The zero-order valence-electron chi connectivity index (χ0n) is 22.0. The average molecular weight is 533 g/mol. The number of thioether (sulfide) groups is 1. The first-order valence-electron chi connectivity index (χ1n) is 13.6. The molecule has 5 heteroatoms. The number of nitrogens with zero attached hydrogens (tertiary/aromatic N) is 2. The van der Waals surface area contributed by atoms with E-state index in [2.05, 4.69) is 77.8 Å². The Morgan fingerprint density at radius 2 is 1.28 bits per heavy atom. The molecule has 1 saturated heterocycles. The molecular formula is C34H32N2O2S. The fourth-order valence-electron chi connectivity index (χ4n) is 6.07. The molecule has 4 atom stereocenters. The lowest BCUT2D eigenvalue weighted by molar-refractivity contribution is -0.147. The summed E-state index contributed by atoms with van der Waals surface area (Å²) >= 11 is 1.99. The van der Waals surface area contributed by atoms with Crippen LogP contribution in [0.2, 0.25) is 0 Å². The van der Waals surface area contributed by atoms with Crippen molar-refractivity contribution in [2.24, 2.45) is 11.0 Å². The van der Waals surface area contributed by atoms with Crippen LogP contribution in [-0.2, 0) is 9.53 Å². The van der Waals surface area contributed by atoms with E-state index in [1.807, 2.05) is 67.2 Å². The molecule has 0 aromatic heterocycles. The molecule has 39 heavy (non-hydrogen) atoms. The van der Waals surface area contributed by atoms with Crippen LogP contribution < -0.4 is 5.01 Å². The molecule has 1 spiro atoms. The summed E-state index contributed by atoms with van der Waals surface area (Å²) in [6.45, 7) is 2.21. The molecule has 4 aromatic rings. The number of rotatable bonds is 6. The lowest BCUT2D eigenvalue weighted by atomic mass is 9.71. The standard InChI is InChI=1S/C34H32N2O2S/c1-2-38-33(37)31-32(27-19-11-5-12-20-27)35-36(28-21-13-6-14-22-28)34(31)23-29(25-15-7-3-8-16-25)39-30(24-34)26-17-9-4-10-18-26/h3-22,29-31H,2,23-24H2,1H3/t29-,30+,31?,34?. The van der Waals surface area contributed by atoms with Gasteiger partial charge in [-0.2, -0.15) is 5.10 Å². The summed E-state index contributed by atoms with van der Waals surface area (Å²) in [7, 11) is 0. The molecule has 2 aliphatic heterocycles. The quantitative estimate of drug-likeness (QED) is 0.237. The maximum atomic E-state index is 14.0. The minimum Gasteiger partial charge on any atom is -0.465 e. The molecule has 1 fully saturated rings. The van der Waals surface area contributed by atoms with Crippen molar-refractivity contribution in [3.63, 3.8) is 0 Å². The van der Waals surface area contributed by atoms with E-state index in [4.69, 9.17) is 9.84 Å². The molecule has 4 aromatic carbocycles. The fraction of sp³-hybridized carbons (Fsp3) is 0.235. The van der Waals surface area contributed by atoms with Gasteiger partial charge in [-0.05, 0) is 48.6 Å². The smallest absolute Gasteiger partial charge is 0.317 e. The molecule has 0 N–H and O–H groups in total. The monoisotopic (exact) mass is 532 g/mol.